The summed E-state index contributed by atoms with van der Waals surface area (Å²) in [7, 11) is 1.67. The highest BCUT2D eigenvalue weighted by atomic mass is 35.5. The number of carbonyl (C=O) groups excluding carboxylic acids is 1. The number of rotatable bonds is 4. The predicted octanol–water partition coefficient (Wildman–Crippen LogP) is 3.94. The summed E-state index contributed by atoms with van der Waals surface area (Å²) in [6.45, 7) is 0.366. The molecule has 0 spiro atoms. The number of benzene rings is 2. The highest BCUT2D eigenvalue weighted by Crippen LogP contribution is 2.18. The number of para-hydroxylation sites is 1. The summed E-state index contributed by atoms with van der Waals surface area (Å²) < 4.78 is 15.2. The number of halogens is 2. The molecule has 1 heterocycles. The summed E-state index contributed by atoms with van der Waals surface area (Å²) in [6, 6.07) is 15.2. The Hall–Kier alpha value is -2.66. The highest BCUT2D eigenvalue weighted by Gasteiger charge is 2.17. The maximum atomic E-state index is 13.8. The maximum absolute atomic E-state index is 13.8. The van der Waals surface area contributed by atoms with Crippen LogP contribution in [0.5, 0.6) is 0 Å². The average Bonchev–Trinajstić information content (AvgIpc) is 3.06. The molecule has 3 aromatic rings. The molecular weight excluding hydrogens is 329 g/mol. The molecule has 2 aromatic carbocycles. The summed E-state index contributed by atoms with van der Waals surface area (Å²) in [6.07, 6.45) is 1.56. The van der Waals surface area contributed by atoms with Gasteiger partial charge in [-0.25, -0.2) is 9.07 Å². The van der Waals surface area contributed by atoms with Gasteiger partial charge in [0.15, 0.2) is 5.69 Å². The Morgan fingerprint density at radius 1 is 1.17 bits per heavy atom. The third kappa shape index (κ3) is 3.31. The molecule has 1 amide bonds. The summed E-state index contributed by atoms with van der Waals surface area (Å²) in [5.41, 5.74) is 1.39. The normalized spacial score (nSPS) is 10.6. The topological polar surface area (TPSA) is 38.1 Å². The molecule has 0 saturated heterocycles. The number of aromatic nitrogens is 2. The minimum absolute atomic E-state index is 0.243. The average molecular weight is 344 g/mol. The van der Waals surface area contributed by atoms with Gasteiger partial charge in [-0.05, 0) is 29.8 Å². The van der Waals surface area contributed by atoms with E-state index in [1.165, 1.54) is 15.6 Å². The van der Waals surface area contributed by atoms with Crippen LogP contribution in [0.4, 0.5) is 4.39 Å². The lowest BCUT2D eigenvalue weighted by Crippen LogP contribution is -2.26. The predicted molar refractivity (Wildman–Crippen MR) is 90.8 cm³/mol. The molecule has 0 fully saturated rings. The quantitative estimate of drug-likeness (QED) is 0.719. The molecule has 0 radical (unpaired) electrons. The Labute approximate surface area is 144 Å². The van der Waals surface area contributed by atoms with Gasteiger partial charge in [0, 0.05) is 24.8 Å². The molecule has 0 atom stereocenters. The number of carbonyl (C=O) groups is 1. The van der Waals surface area contributed by atoms with Gasteiger partial charge in [0.05, 0.1) is 0 Å². The highest BCUT2D eigenvalue weighted by molar-refractivity contribution is 6.31. The monoisotopic (exact) mass is 343 g/mol. The van der Waals surface area contributed by atoms with Crippen LogP contribution in [0.15, 0.2) is 60.8 Å². The fourth-order valence-electron chi connectivity index (χ4n) is 2.36. The van der Waals surface area contributed by atoms with Crippen molar-refractivity contribution in [3.8, 4) is 5.69 Å². The molecule has 0 aliphatic carbocycles. The second kappa shape index (κ2) is 6.84. The molecule has 4 nitrogen and oxygen atoms in total. The van der Waals surface area contributed by atoms with Crippen LogP contribution in [0, 0.1) is 5.82 Å². The van der Waals surface area contributed by atoms with Crippen LogP contribution in [-0.4, -0.2) is 27.6 Å². The molecule has 122 valence electrons. The number of nitrogens with zero attached hydrogens (tertiary/aromatic N) is 3. The first-order chi connectivity index (χ1) is 11.6. The van der Waals surface area contributed by atoms with Gasteiger partial charge in [-0.1, -0.05) is 41.9 Å². The molecule has 24 heavy (non-hydrogen) atoms. The zero-order valence-corrected chi connectivity index (χ0v) is 13.7. The van der Waals surface area contributed by atoms with Crippen molar-refractivity contribution in [1.82, 2.24) is 14.7 Å². The summed E-state index contributed by atoms with van der Waals surface area (Å²) in [5.74, 6) is -0.658. The van der Waals surface area contributed by atoms with Gasteiger partial charge in [0.1, 0.15) is 11.5 Å². The second-order valence-corrected chi connectivity index (χ2v) is 5.76. The number of hydrogen-bond donors (Lipinski definition) is 0. The third-order valence-corrected chi connectivity index (χ3v) is 3.99. The Kier molecular flexibility index (Phi) is 4.62. The van der Waals surface area contributed by atoms with E-state index in [1.54, 1.807) is 43.6 Å². The third-order valence-electron chi connectivity index (χ3n) is 3.62. The van der Waals surface area contributed by atoms with Crippen LogP contribution < -0.4 is 0 Å². The van der Waals surface area contributed by atoms with Crippen molar-refractivity contribution in [1.29, 1.82) is 0 Å². The van der Waals surface area contributed by atoms with E-state index in [-0.39, 0.29) is 11.6 Å². The van der Waals surface area contributed by atoms with E-state index in [2.05, 4.69) is 5.10 Å². The van der Waals surface area contributed by atoms with E-state index >= 15 is 0 Å². The zero-order chi connectivity index (χ0) is 17.1. The van der Waals surface area contributed by atoms with Crippen molar-refractivity contribution in [3.05, 3.63) is 82.9 Å². The molecule has 3 rings (SSSR count). The van der Waals surface area contributed by atoms with E-state index in [0.29, 0.717) is 17.3 Å². The molecule has 0 saturated carbocycles. The van der Waals surface area contributed by atoms with Crippen molar-refractivity contribution in [2.24, 2.45) is 0 Å². The minimum Gasteiger partial charge on any atom is -0.336 e. The van der Waals surface area contributed by atoms with Crippen LogP contribution >= 0.6 is 11.6 Å². The minimum atomic E-state index is -0.399. The Balaban J connectivity index is 1.79. The van der Waals surface area contributed by atoms with Crippen LogP contribution in [0.2, 0.25) is 5.02 Å². The lowest BCUT2D eigenvalue weighted by molar-refractivity contribution is 0.0779. The lowest BCUT2D eigenvalue weighted by atomic mass is 10.2. The first kappa shape index (κ1) is 16.2. The second-order valence-electron chi connectivity index (χ2n) is 5.35. The molecule has 0 N–H and O–H groups in total. The first-order valence-electron chi connectivity index (χ1n) is 7.35. The zero-order valence-electron chi connectivity index (χ0n) is 13.0. The van der Waals surface area contributed by atoms with Crippen molar-refractivity contribution in [2.75, 3.05) is 7.05 Å². The number of amides is 1. The van der Waals surface area contributed by atoms with Crippen molar-refractivity contribution >= 4 is 17.5 Å². The first-order valence-corrected chi connectivity index (χ1v) is 7.73. The van der Waals surface area contributed by atoms with E-state index in [0.717, 1.165) is 5.56 Å². The molecule has 0 unspecified atom stereocenters. The Morgan fingerprint density at radius 2 is 1.88 bits per heavy atom. The van der Waals surface area contributed by atoms with E-state index in [9.17, 15) is 9.18 Å². The van der Waals surface area contributed by atoms with Gasteiger partial charge in [-0.2, -0.15) is 5.10 Å². The smallest absolute Gasteiger partial charge is 0.274 e. The van der Waals surface area contributed by atoms with Gasteiger partial charge < -0.3 is 4.90 Å². The van der Waals surface area contributed by atoms with Gasteiger partial charge in [0.2, 0.25) is 0 Å². The van der Waals surface area contributed by atoms with Crippen molar-refractivity contribution in [2.45, 2.75) is 6.54 Å². The molecule has 6 heteroatoms. The van der Waals surface area contributed by atoms with E-state index < -0.39 is 5.82 Å². The van der Waals surface area contributed by atoms with Crippen molar-refractivity contribution in [3.63, 3.8) is 0 Å². The van der Waals surface area contributed by atoms with Gasteiger partial charge in [0.25, 0.3) is 5.91 Å². The maximum Gasteiger partial charge on any atom is 0.274 e. The fourth-order valence-corrected chi connectivity index (χ4v) is 2.55. The standard InChI is InChI=1S/C18H15ClFN3O/c1-22(12-13-6-2-3-7-14(13)19)18(24)16-10-11-23(21-16)17-9-5-4-8-15(17)20/h2-11H,12H2,1H3. The summed E-state index contributed by atoms with van der Waals surface area (Å²) >= 11 is 6.12. The van der Waals surface area contributed by atoms with Crippen LogP contribution in [0.1, 0.15) is 16.1 Å². The Morgan fingerprint density at radius 3 is 2.62 bits per heavy atom. The summed E-state index contributed by atoms with van der Waals surface area (Å²) in [5, 5.41) is 4.78. The van der Waals surface area contributed by atoms with Crippen LogP contribution in [0.25, 0.3) is 5.69 Å². The number of hydrogen-bond acceptors (Lipinski definition) is 2. The Bertz CT molecular complexity index is 878. The van der Waals surface area contributed by atoms with Crippen LogP contribution in [-0.2, 0) is 6.54 Å². The van der Waals surface area contributed by atoms with Crippen molar-refractivity contribution < 1.29 is 9.18 Å². The largest absolute Gasteiger partial charge is 0.336 e. The van der Waals surface area contributed by atoms with Crippen LogP contribution in [0.3, 0.4) is 0 Å². The summed E-state index contributed by atoms with van der Waals surface area (Å²) in [4.78, 5) is 14.0. The molecule has 0 aliphatic rings. The fraction of sp³-hybridized carbons (Fsp3) is 0.111. The lowest BCUT2D eigenvalue weighted by Gasteiger charge is -2.16. The van der Waals surface area contributed by atoms with Gasteiger partial charge >= 0.3 is 0 Å². The van der Waals surface area contributed by atoms with Gasteiger partial charge in [-0.3, -0.25) is 4.79 Å². The van der Waals surface area contributed by atoms with Gasteiger partial charge in [-0.15, -0.1) is 0 Å². The van der Waals surface area contributed by atoms with E-state index in [4.69, 9.17) is 11.6 Å². The molecular formula is C18H15ClFN3O. The van der Waals surface area contributed by atoms with E-state index in [1.807, 2.05) is 18.2 Å². The molecule has 0 bridgehead atoms. The molecule has 0 aliphatic heterocycles. The molecule has 1 aromatic heterocycles. The SMILES string of the molecule is CN(Cc1ccccc1Cl)C(=O)c1ccn(-c2ccccc2F)n1.